The number of benzene rings is 2. The molecule has 0 bridgehead atoms. The third kappa shape index (κ3) is 4.51. The third-order valence-electron chi connectivity index (χ3n) is 3.34. The number of hydrogen-bond acceptors (Lipinski definition) is 2. The highest BCUT2D eigenvalue weighted by Crippen LogP contribution is 2.07. The van der Waals surface area contributed by atoms with E-state index in [1.807, 2.05) is 0 Å². The molecule has 2 heteroatoms. The van der Waals surface area contributed by atoms with Crippen LogP contribution in [0.3, 0.4) is 0 Å². The van der Waals surface area contributed by atoms with Crippen LogP contribution in [0.15, 0.2) is 54.6 Å². The van der Waals surface area contributed by atoms with Crippen molar-refractivity contribution >= 4 is 0 Å². The quantitative estimate of drug-likeness (QED) is 0.859. The summed E-state index contributed by atoms with van der Waals surface area (Å²) in [6.07, 6.45) is 1.10. The Bertz CT molecular complexity index is 476. The van der Waals surface area contributed by atoms with E-state index in [-0.39, 0.29) is 0 Å². The van der Waals surface area contributed by atoms with Crippen LogP contribution in [0.4, 0.5) is 0 Å². The maximum Gasteiger partial charge on any atom is 0.0230 e. The molecule has 0 saturated carbocycles. The second-order valence-electron chi connectivity index (χ2n) is 4.99. The zero-order chi connectivity index (χ0) is 13.5. The summed E-state index contributed by atoms with van der Waals surface area (Å²) in [5, 5.41) is 0. The lowest BCUT2D eigenvalue weighted by molar-refractivity contribution is 0.331. The minimum absolute atomic E-state index is 0.615. The summed E-state index contributed by atoms with van der Waals surface area (Å²) in [5.41, 5.74) is 9.53. The zero-order valence-electron chi connectivity index (χ0n) is 11.5. The van der Waals surface area contributed by atoms with E-state index in [2.05, 4.69) is 66.5 Å². The molecule has 2 N–H and O–H groups in total. The van der Waals surface area contributed by atoms with E-state index in [0.29, 0.717) is 6.54 Å². The van der Waals surface area contributed by atoms with Crippen molar-refractivity contribution in [2.24, 2.45) is 5.73 Å². The molecule has 2 nitrogen and oxygen atoms in total. The molecule has 100 valence electrons. The van der Waals surface area contributed by atoms with Gasteiger partial charge in [0.25, 0.3) is 0 Å². The fraction of sp³-hybridized carbons (Fsp3) is 0.294. The predicted molar refractivity (Wildman–Crippen MR) is 80.8 cm³/mol. The lowest BCUT2D eigenvalue weighted by atomic mass is 10.1. The Kier molecular flexibility index (Phi) is 5.13. The smallest absolute Gasteiger partial charge is 0.0230 e. The first-order valence-electron chi connectivity index (χ1n) is 6.78. The maximum atomic E-state index is 5.60. The summed E-state index contributed by atoms with van der Waals surface area (Å²) in [6, 6.07) is 19.2. The SMILES string of the molecule is CN(CCc1ccccc1)Cc1ccc(CN)cc1. The molecule has 0 aromatic heterocycles. The standard InChI is InChI=1S/C17H22N2/c1-19(12-11-15-5-3-2-4-6-15)14-17-9-7-16(13-18)8-10-17/h2-10H,11-14,18H2,1H3. The zero-order valence-corrected chi connectivity index (χ0v) is 11.5. The minimum atomic E-state index is 0.615. The van der Waals surface area contributed by atoms with Gasteiger partial charge in [0, 0.05) is 19.6 Å². The average Bonchev–Trinajstić information content (AvgIpc) is 2.47. The Morgan fingerprint density at radius 1 is 0.842 bits per heavy atom. The molecule has 0 fully saturated rings. The molecule has 0 aliphatic heterocycles. The summed E-state index contributed by atoms with van der Waals surface area (Å²) < 4.78 is 0. The molecule has 0 amide bonds. The minimum Gasteiger partial charge on any atom is -0.326 e. The first-order valence-corrected chi connectivity index (χ1v) is 6.78. The Hall–Kier alpha value is -1.64. The van der Waals surface area contributed by atoms with Crippen LogP contribution in [0, 0.1) is 0 Å². The molecule has 2 rings (SSSR count). The summed E-state index contributed by atoms with van der Waals surface area (Å²) in [6.45, 7) is 2.67. The number of hydrogen-bond donors (Lipinski definition) is 1. The molecule has 0 heterocycles. The molecule has 2 aromatic carbocycles. The van der Waals surface area contributed by atoms with Crippen molar-refractivity contribution in [3.8, 4) is 0 Å². The molecule has 0 saturated heterocycles. The molecule has 2 aromatic rings. The summed E-state index contributed by atoms with van der Waals surface area (Å²) in [4.78, 5) is 2.35. The van der Waals surface area contributed by atoms with E-state index in [1.165, 1.54) is 16.7 Å². The molecule has 0 spiro atoms. The lowest BCUT2D eigenvalue weighted by Crippen LogP contribution is -2.20. The van der Waals surface area contributed by atoms with Gasteiger partial charge in [-0.3, -0.25) is 0 Å². The molecule has 0 unspecified atom stereocenters. The maximum absolute atomic E-state index is 5.60. The third-order valence-corrected chi connectivity index (χ3v) is 3.34. The van der Waals surface area contributed by atoms with Crippen molar-refractivity contribution in [3.05, 3.63) is 71.3 Å². The summed E-state index contributed by atoms with van der Waals surface area (Å²) >= 11 is 0. The Balaban J connectivity index is 1.82. The van der Waals surface area contributed by atoms with Gasteiger partial charge in [0.2, 0.25) is 0 Å². The van der Waals surface area contributed by atoms with Crippen LogP contribution >= 0.6 is 0 Å². The van der Waals surface area contributed by atoms with E-state index in [1.54, 1.807) is 0 Å². The van der Waals surface area contributed by atoms with Gasteiger partial charge in [-0.15, -0.1) is 0 Å². The van der Waals surface area contributed by atoms with E-state index in [0.717, 1.165) is 19.5 Å². The van der Waals surface area contributed by atoms with E-state index in [4.69, 9.17) is 5.73 Å². The van der Waals surface area contributed by atoms with Gasteiger partial charge in [-0.2, -0.15) is 0 Å². The van der Waals surface area contributed by atoms with Gasteiger partial charge in [0.05, 0.1) is 0 Å². The second-order valence-corrected chi connectivity index (χ2v) is 4.99. The van der Waals surface area contributed by atoms with Crippen molar-refractivity contribution < 1.29 is 0 Å². The molecule has 0 atom stereocenters. The van der Waals surface area contributed by atoms with Crippen LogP contribution < -0.4 is 5.73 Å². The molecular formula is C17H22N2. The number of nitrogens with two attached hydrogens (primary N) is 1. The van der Waals surface area contributed by atoms with Gasteiger partial charge in [-0.25, -0.2) is 0 Å². The number of likely N-dealkylation sites (N-methyl/N-ethyl adjacent to an activating group) is 1. The van der Waals surface area contributed by atoms with E-state index in [9.17, 15) is 0 Å². The van der Waals surface area contributed by atoms with Crippen molar-refractivity contribution in [2.75, 3.05) is 13.6 Å². The van der Waals surface area contributed by atoms with Gasteiger partial charge in [-0.1, -0.05) is 54.6 Å². The van der Waals surface area contributed by atoms with Crippen LogP contribution in [0.1, 0.15) is 16.7 Å². The Morgan fingerprint density at radius 2 is 1.47 bits per heavy atom. The molecule has 19 heavy (non-hydrogen) atoms. The van der Waals surface area contributed by atoms with Gasteiger partial charge in [0.15, 0.2) is 0 Å². The summed E-state index contributed by atoms with van der Waals surface area (Å²) in [5.74, 6) is 0. The number of rotatable bonds is 6. The van der Waals surface area contributed by atoms with Gasteiger partial charge in [0.1, 0.15) is 0 Å². The van der Waals surface area contributed by atoms with Crippen LogP contribution in [-0.2, 0) is 19.5 Å². The van der Waals surface area contributed by atoms with Crippen molar-refractivity contribution in [2.45, 2.75) is 19.5 Å². The highest BCUT2D eigenvalue weighted by molar-refractivity contribution is 5.22. The van der Waals surface area contributed by atoms with Crippen LogP contribution in [0.25, 0.3) is 0 Å². The van der Waals surface area contributed by atoms with Crippen LogP contribution in [0.2, 0.25) is 0 Å². The van der Waals surface area contributed by atoms with Crippen LogP contribution in [0.5, 0.6) is 0 Å². The molecule has 0 radical (unpaired) electrons. The monoisotopic (exact) mass is 254 g/mol. The van der Waals surface area contributed by atoms with Crippen molar-refractivity contribution in [1.82, 2.24) is 4.90 Å². The highest BCUT2D eigenvalue weighted by atomic mass is 15.1. The Labute approximate surface area is 115 Å². The molecule has 0 aliphatic rings. The second kappa shape index (κ2) is 7.07. The average molecular weight is 254 g/mol. The first kappa shape index (κ1) is 13.8. The summed E-state index contributed by atoms with van der Waals surface area (Å²) in [7, 11) is 2.17. The topological polar surface area (TPSA) is 29.3 Å². The fourth-order valence-electron chi connectivity index (χ4n) is 2.14. The Morgan fingerprint density at radius 3 is 2.11 bits per heavy atom. The molecule has 0 aliphatic carbocycles. The van der Waals surface area contributed by atoms with Gasteiger partial charge in [-0.05, 0) is 30.2 Å². The first-order chi connectivity index (χ1) is 9.28. The van der Waals surface area contributed by atoms with Crippen molar-refractivity contribution in [3.63, 3.8) is 0 Å². The van der Waals surface area contributed by atoms with E-state index >= 15 is 0 Å². The highest BCUT2D eigenvalue weighted by Gasteiger charge is 2.01. The van der Waals surface area contributed by atoms with Crippen molar-refractivity contribution in [1.29, 1.82) is 0 Å². The van der Waals surface area contributed by atoms with Crippen LogP contribution in [-0.4, -0.2) is 18.5 Å². The largest absolute Gasteiger partial charge is 0.326 e. The van der Waals surface area contributed by atoms with E-state index < -0.39 is 0 Å². The fourth-order valence-corrected chi connectivity index (χ4v) is 2.14. The number of nitrogens with zero attached hydrogens (tertiary/aromatic N) is 1. The molecular weight excluding hydrogens is 232 g/mol. The van der Waals surface area contributed by atoms with Gasteiger partial charge >= 0.3 is 0 Å². The van der Waals surface area contributed by atoms with Gasteiger partial charge < -0.3 is 10.6 Å². The normalized spacial score (nSPS) is 10.9. The predicted octanol–water partition coefficient (Wildman–Crippen LogP) is 2.82. The lowest BCUT2D eigenvalue weighted by Gasteiger charge is -2.16.